The topological polar surface area (TPSA) is 50.2 Å². The molecule has 1 aromatic heterocycles. The summed E-state index contributed by atoms with van der Waals surface area (Å²) in [5.41, 5.74) is 0.907. The molecule has 0 amide bonds. The number of hydrogen-bond acceptors (Lipinski definition) is 2. The van der Waals surface area contributed by atoms with Gasteiger partial charge in [-0.1, -0.05) is 6.07 Å². The van der Waals surface area contributed by atoms with E-state index < -0.39 is 5.97 Å². The lowest BCUT2D eigenvalue weighted by Crippen LogP contribution is -1.99. The van der Waals surface area contributed by atoms with Crippen LogP contribution in [0.2, 0.25) is 0 Å². The average molecular weight is 163 g/mol. The highest BCUT2D eigenvalue weighted by Crippen LogP contribution is 2.46. The van der Waals surface area contributed by atoms with E-state index in [1.54, 1.807) is 6.20 Å². The van der Waals surface area contributed by atoms with Crippen molar-refractivity contribution in [1.82, 2.24) is 4.98 Å². The van der Waals surface area contributed by atoms with Crippen molar-refractivity contribution in [1.29, 1.82) is 0 Å². The highest BCUT2D eigenvalue weighted by molar-refractivity contribution is 5.75. The monoisotopic (exact) mass is 163 g/mol. The molecule has 2 unspecified atom stereocenters. The van der Waals surface area contributed by atoms with Gasteiger partial charge in [-0.2, -0.15) is 0 Å². The fourth-order valence-corrected chi connectivity index (χ4v) is 1.39. The average Bonchev–Trinajstić information content (AvgIpc) is 2.84. The van der Waals surface area contributed by atoms with Gasteiger partial charge in [0.2, 0.25) is 0 Å². The zero-order valence-electron chi connectivity index (χ0n) is 6.47. The van der Waals surface area contributed by atoms with Crippen LogP contribution < -0.4 is 0 Å². The van der Waals surface area contributed by atoms with E-state index in [-0.39, 0.29) is 11.8 Å². The van der Waals surface area contributed by atoms with Crippen LogP contribution in [0.3, 0.4) is 0 Å². The first kappa shape index (κ1) is 7.28. The predicted molar refractivity (Wildman–Crippen MR) is 42.7 cm³/mol. The molecule has 1 aromatic rings. The molecule has 2 atom stereocenters. The summed E-state index contributed by atoms with van der Waals surface area (Å²) in [6.07, 6.45) is 2.44. The van der Waals surface area contributed by atoms with Gasteiger partial charge in [0.05, 0.1) is 5.92 Å². The second kappa shape index (κ2) is 2.59. The van der Waals surface area contributed by atoms with Crippen LogP contribution in [0.4, 0.5) is 0 Å². The second-order valence-corrected chi connectivity index (χ2v) is 3.04. The lowest BCUT2D eigenvalue weighted by molar-refractivity contribution is -0.138. The van der Waals surface area contributed by atoms with E-state index in [9.17, 15) is 4.79 Å². The first-order chi connectivity index (χ1) is 5.79. The summed E-state index contributed by atoms with van der Waals surface area (Å²) >= 11 is 0. The molecule has 1 N–H and O–H groups in total. The van der Waals surface area contributed by atoms with Gasteiger partial charge in [0.1, 0.15) is 0 Å². The molecule has 0 aromatic carbocycles. The molecule has 3 nitrogen and oxygen atoms in total. The summed E-state index contributed by atoms with van der Waals surface area (Å²) < 4.78 is 0. The van der Waals surface area contributed by atoms with Gasteiger partial charge in [0.15, 0.2) is 0 Å². The number of pyridine rings is 1. The van der Waals surface area contributed by atoms with Crippen LogP contribution >= 0.6 is 0 Å². The molecule has 12 heavy (non-hydrogen) atoms. The minimum Gasteiger partial charge on any atom is -0.481 e. The van der Waals surface area contributed by atoms with Crippen molar-refractivity contribution in [3.8, 4) is 0 Å². The zero-order valence-corrected chi connectivity index (χ0v) is 6.47. The van der Waals surface area contributed by atoms with E-state index in [4.69, 9.17) is 5.11 Å². The molecule has 1 saturated carbocycles. The molecule has 0 bridgehead atoms. The predicted octanol–water partition coefficient (Wildman–Crippen LogP) is 1.27. The van der Waals surface area contributed by atoms with Crippen molar-refractivity contribution in [3.05, 3.63) is 30.1 Å². The molecule has 62 valence electrons. The van der Waals surface area contributed by atoms with Crippen molar-refractivity contribution < 1.29 is 9.90 Å². The number of carboxylic acid groups (broad SMARTS) is 1. The molecule has 3 heteroatoms. The molecule has 0 spiro atoms. The molecule has 1 aliphatic rings. The van der Waals surface area contributed by atoms with E-state index in [0.29, 0.717) is 0 Å². The number of nitrogens with zero attached hydrogens (tertiary/aromatic N) is 1. The maximum atomic E-state index is 10.5. The molecular formula is C9H9NO2. The molecule has 0 radical (unpaired) electrons. The SMILES string of the molecule is O=C(O)C1CC1c1ccccn1. The minimum atomic E-state index is -0.703. The lowest BCUT2D eigenvalue weighted by Gasteiger charge is -1.94. The third-order valence-corrected chi connectivity index (χ3v) is 2.18. The largest absolute Gasteiger partial charge is 0.481 e. The zero-order chi connectivity index (χ0) is 8.55. The first-order valence-electron chi connectivity index (χ1n) is 3.93. The number of carbonyl (C=O) groups is 1. The van der Waals surface area contributed by atoms with Crippen LogP contribution in [0.5, 0.6) is 0 Å². The van der Waals surface area contributed by atoms with E-state index in [0.717, 1.165) is 12.1 Å². The van der Waals surface area contributed by atoms with Crippen LogP contribution in [0.15, 0.2) is 24.4 Å². The van der Waals surface area contributed by atoms with Crippen molar-refractivity contribution >= 4 is 5.97 Å². The van der Waals surface area contributed by atoms with Crippen molar-refractivity contribution in [2.45, 2.75) is 12.3 Å². The van der Waals surface area contributed by atoms with Crippen LogP contribution in [0, 0.1) is 5.92 Å². The van der Waals surface area contributed by atoms with Crippen molar-refractivity contribution in [2.24, 2.45) is 5.92 Å². The van der Waals surface area contributed by atoms with Crippen molar-refractivity contribution in [3.63, 3.8) is 0 Å². The van der Waals surface area contributed by atoms with Gasteiger partial charge in [-0.3, -0.25) is 9.78 Å². The van der Waals surface area contributed by atoms with Gasteiger partial charge in [-0.25, -0.2) is 0 Å². The molecule has 1 aliphatic carbocycles. The standard InChI is InChI=1S/C9H9NO2/c11-9(12)7-5-6(7)8-3-1-2-4-10-8/h1-4,6-7H,5H2,(H,11,12). The molecule has 1 fully saturated rings. The Labute approximate surface area is 70.1 Å². The van der Waals surface area contributed by atoms with Gasteiger partial charge in [0, 0.05) is 17.8 Å². The van der Waals surface area contributed by atoms with Crippen molar-refractivity contribution in [2.75, 3.05) is 0 Å². The summed E-state index contributed by atoms with van der Waals surface area (Å²) in [6, 6.07) is 5.61. The Balaban J connectivity index is 2.11. The molecule has 0 saturated heterocycles. The van der Waals surface area contributed by atoms with Crippen LogP contribution in [0.25, 0.3) is 0 Å². The Hall–Kier alpha value is -1.38. The van der Waals surface area contributed by atoms with Gasteiger partial charge in [-0.15, -0.1) is 0 Å². The number of aliphatic carboxylic acids is 1. The molecule has 1 heterocycles. The summed E-state index contributed by atoms with van der Waals surface area (Å²) in [6.45, 7) is 0. The maximum Gasteiger partial charge on any atom is 0.307 e. The van der Waals surface area contributed by atoms with Gasteiger partial charge in [-0.05, 0) is 18.6 Å². The number of carboxylic acids is 1. The highest BCUT2D eigenvalue weighted by atomic mass is 16.4. The third kappa shape index (κ3) is 1.18. The fourth-order valence-electron chi connectivity index (χ4n) is 1.39. The number of rotatable bonds is 2. The Kier molecular flexibility index (Phi) is 1.57. The van der Waals surface area contributed by atoms with Gasteiger partial charge in [0.25, 0.3) is 0 Å². The van der Waals surface area contributed by atoms with Gasteiger partial charge >= 0.3 is 5.97 Å². The van der Waals surface area contributed by atoms with E-state index in [1.807, 2.05) is 18.2 Å². The summed E-state index contributed by atoms with van der Waals surface area (Å²) in [7, 11) is 0. The maximum absolute atomic E-state index is 10.5. The smallest absolute Gasteiger partial charge is 0.307 e. The normalized spacial score (nSPS) is 26.7. The number of aromatic nitrogens is 1. The Morgan fingerprint density at radius 3 is 2.92 bits per heavy atom. The van der Waals surface area contributed by atoms with E-state index in [1.165, 1.54) is 0 Å². The molecule has 0 aliphatic heterocycles. The number of hydrogen-bond donors (Lipinski definition) is 1. The quantitative estimate of drug-likeness (QED) is 0.714. The lowest BCUT2D eigenvalue weighted by atomic mass is 10.2. The summed E-state index contributed by atoms with van der Waals surface area (Å²) in [4.78, 5) is 14.6. The third-order valence-electron chi connectivity index (χ3n) is 2.18. The van der Waals surface area contributed by atoms with Crippen LogP contribution in [0.1, 0.15) is 18.0 Å². The molecular weight excluding hydrogens is 154 g/mol. The Morgan fingerprint density at radius 2 is 2.42 bits per heavy atom. The Bertz CT molecular complexity index is 297. The first-order valence-corrected chi connectivity index (χ1v) is 3.93. The van der Waals surface area contributed by atoms with Gasteiger partial charge < -0.3 is 5.11 Å². The van der Waals surface area contributed by atoms with E-state index >= 15 is 0 Å². The highest BCUT2D eigenvalue weighted by Gasteiger charge is 2.44. The van der Waals surface area contributed by atoms with Crippen LogP contribution in [-0.2, 0) is 4.79 Å². The second-order valence-electron chi connectivity index (χ2n) is 3.04. The van der Waals surface area contributed by atoms with E-state index in [2.05, 4.69) is 4.98 Å². The molecule has 2 rings (SSSR count). The summed E-state index contributed by atoms with van der Waals surface area (Å²) in [5.74, 6) is -0.741. The summed E-state index contributed by atoms with van der Waals surface area (Å²) in [5, 5.41) is 8.66. The Morgan fingerprint density at radius 1 is 1.58 bits per heavy atom. The minimum absolute atomic E-state index is 0.156. The van der Waals surface area contributed by atoms with Crippen LogP contribution in [-0.4, -0.2) is 16.1 Å². The fraction of sp³-hybridized carbons (Fsp3) is 0.333.